The fourth-order valence-corrected chi connectivity index (χ4v) is 5.99. The van der Waals surface area contributed by atoms with Gasteiger partial charge in [0.1, 0.15) is 28.6 Å². The average molecular weight is 609 g/mol. The van der Waals surface area contributed by atoms with Crippen LogP contribution < -0.4 is 5.73 Å². The SMILES string of the molecule is CN=[S@@]1(=O)C[C@@](CF)(c2cc(-c3cc(-c4ncc(Cl)cn4)no3)ccc2F)N=C(N)C1(C)C.O=C(O)C(F)(F)F. The molecule has 0 fully saturated rings. The zero-order valence-electron chi connectivity index (χ0n) is 21.0. The number of benzene rings is 1. The third-order valence-corrected chi connectivity index (χ3v) is 9.51. The number of carbonyl (C=O) groups is 1. The molecule has 40 heavy (non-hydrogen) atoms. The molecular weight excluding hydrogens is 587 g/mol. The number of nitrogens with zero attached hydrogens (tertiary/aromatic N) is 5. The molecule has 0 radical (unpaired) electrons. The highest BCUT2D eigenvalue weighted by Gasteiger charge is 2.50. The van der Waals surface area contributed by atoms with Gasteiger partial charge in [-0.25, -0.2) is 32.1 Å². The van der Waals surface area contributed by atoms with Crippen molar-refractivity contribution >= 4 is 33.1 Å². The number of aliphatic imine (C=N–C) groups is 1. The van der Waals surface area contributed by atoms with Crippen LogP contribution in [-0.2, 0) is 20.1 Å². The minimum Gasteiger partial charge on any atom is -0.475 e. The van der Waals surface area contributed by atoms with Crippen LogP contribution in [0.2, 0.25) is 5.02 Å². The molecule has 3 heterocycles. The van der Waals surface area contributed by atoms with E-state index in [9.17, 15) is 21.8 Å². The number of nitrogens with two attached hydrogens (primary N) is 1. The van der Waals surface area contributed by atoms with Crippen molar-refractivity contribution in [2.24, 2.45) is 15.1 Å². The van der Waals surface area contributed by atoms with Gasteiger partial charge in [0.25, 0.3) is 0 Å². The monoisotopic (exact) mass is 608 g/mol. The van der Waals surface area contributed by atoms with Gasteiger partial charge in [-0.05, 0) is 32.0 Å². The zero-order valence-corrected chi connectivity index (χ0v) is 22.6. The number of alkyl halides is 4. The van der Waals surface area contributed by atoms with E-state index < -0.39 is 44.7 Å². The highest BCUT2D eigenvalue weighted by molar-refractivity contribution is 7.95. The van der Waals surface area contributed by atoms with Crippen molar-refractivity contribution < 1.29 is 40.6 Å². The summed E-state index contributed by atoms with van der Waals surface area (Å²) in [4.78, 5) is 21.4. The van der Waals surface area contributed by atoms with Crippen molar-refractivity contribution in [3.8, 4) is 22.8 Å². The lowest BCUT2D eigenvalue weighted by atomic mass is 9.90. The lowest BCUT2D eigenvalue weighted by Gasteiger charge is -2.41. The van der Waals surface area contributed by atoms with Gasteiger partial charge < -0.3 is 15.4 Å². The maximum absolute atomic E-state index is 15.0. The normalized spacial score (nSPS) is 22.1. The molecule has 0 saturated heterocycles. The maximum Gasteiger partial charge on any atom is 0.490 e. The van der Waals surface area contributed by atoms with Crippen molar-refractivity contribution in [3.05, 3.63) is 53.1 Å². The molecule has 17 heteroatoms. The Labute approximate surface area is 229 Å². The van der Waals surface area contributed by atoms with Crippen LogP contribution in [0.15, 0.2) is 50.5 Å². The minimum atomic E-state index is -5.08. The number of carboxylic acid groups (broad SMARTS) is 1. The smallest absolute Gasteiger partial charge is 0.475 e. The Kier molecular flexibility index (Phi) is 8.55. The van der Waals surface area contributed by atoms with E-state index in [1.807, 2.05) is 0 Å². The molecule has 0 bridgehead atoms. The van der Waals surface area contributed by atoms with Gasteiger partial charge in [0.05, 0.1) is 20.5 Å². The number of aliphatic carboxylic acids is 1. The molecule has 216 valence electrons. The van der Waals surface area contributed by atoms with Crippen LogP contribution in [0.25, 0.3) is 22.8 Å². The van der Waals surface area contributed by atoms with Crippen LogP contribution in [-0.4, -0.2) is 66.6 Å². The standard InChI is InChI=1S/C21H21ClF2N6O2S.C2HF3O2/c1-20(2)19(25)29-21(10-23,11-33(20,31)26-3)14-6-12(4-5-15(14)24)17-7-16(30-32-17)18-27-8-13(22)9-28-18;3-2(4,5)1(6)7/h4-9H,10-11H2,1-3H3,(H2,25,29);(H,6,7)/t21-,33+;/m0./s1. The molecular formula is C23H22ClF5N6O4S. The summed E-state index contributed by atoms with van der Waals surface area (Å²) in [6, 6.07) is 5.58. The second kappa shape index (κ2) is 11.1. The molecule has 4 rings (SSSR count). The summed E-state index contributed by atoms with van der Waals surface area (Å²) in [6.07, 6.45) is -2.25. The number of aromatic nitrogens is 3. The maximum atomic E-state index is 15.0. The number of hydrogen-bond acceptors (Lipinski definition) is 9. The zero-order chi connectivity index (χ0) is 30.1. The van der Waals surface area contributed by atoms with E-state index in [2.05, 4.69) is 24.5 Å². The van der Waals surface area contributed by atoms with Gasteiger partial charge in [-0.3, -0.25) is 4.99 Å². The number of carboxylic acids is 1. The quantitative estimate of drug-likeness (QED) is 0.406. The van der Waals surface area contributed by atoms with Crippen LogP contribution in [0.3, 0.4) is 0 Å². The molecule has 3 aromatic rings. The third kappa shape index (κ3) is 5.91. The fourth-order valence-electron chi connectivity index (χ4n) is 3.63. The van der Waals surface area contributed by atoms with Gasteiger partial charge >= 0.3 is 12.1 Å². The molecule has 1 aromatic carbocycles. The first-order valence-electron chi connectivity index (χ1n) is 11.1. The van der Waals surface area contributed by atoms with Crippen molar-refractivity contribution in [1.82, 2.24) is 15.1 Å². The van der Waals surface area contributed by atoms with E-state index in [1.54, 1.807) is 19.9 Å². The molecule has 10 nitrogen and oxygen atoms in total. The van der Waals surface area contributed by atoms with E-state index >= 15 is 4.39 Å². The van der Waals surface area contributed by atoms with E-state index in [0.717, 1.165) is 0 Å². The van der Waals surface area contributed by atoms with Crippen molar-refractivity contribution in [3.63, 3.8) is 0 Å². The summed E-state index contributed by atoms with van der Waals surface area (Å²) in [5.41, 5.74) is 4.95. The molecule has 0 spiro atoms. The second-order valence-corrected chi connectivity index (χ2v) is 12.3. The summed E-state index contributed by atoms with van der Waals surface area (Å²) in [5, 5.41) is 11.4. The van der Waals surface area contributed by atoms with Crippen molar-refractivity contribution in [2.45, 2.75) is 30.3 Å². The molecule has 2 aromatic heterocycles. The first-order chi connectivity index (χ1) is 18.5. The molecule has 1 aliphatic heterocycles. The summed E-state index contributed by atoms with van der Waals surface area (Å²) >= 11 is 5.81. The Bertz CT molecular complexity index is 1570. The van der Waals surface area contributed by atoms with Gasteiger partial charge in [-0.1, -0.05) is 16.8 Å². The van der Waals surface area contributed by atoms with Gasteiger partial charge in [-0.15, -0.1) is 0 Å². The van der Waals surface area contributed by atoms with Crippen LogP contribution in [0, 0.1) is 5.82 Å². The van der Waals surface area contributed by atoms with E-state index in [0.29, 0.717) is 16.3 Å². The van der Waals surface area contributed by atoms with Crippen LogP contribution in [0.4, 0.5) is 22.0 Å². The highest BCUT2D eigenvalue weighted by Crippen LogP contribution is 2.41. The van der Waals surface area contributed by atoms with Crippen LogP contribution >= 0.6 is 11.6 Å². The van der Waals surface area contributed by atoms with Crippen LogP contribution in [0.5, 0.6) is 0 Å². The van der Waals surface area contributed by atoms with E-state index in [-0.39, 0.29) is 28.7 Å². The number of rotatable bonds is 4. The first-order valence-corrected chi connectivity index (χ1v) is 13.2. The predicted octanol–water partition coefficient (Wildman–Crippen LogP) is 4.64. The second-order valence-electron chi connectivity index (χ2n) is 8.94. The minimum absolute atomic E-state index is 0.0476. The van der Waals surface area contributed by atoms with E-state index in [4.69, 9.17) is 31.8 Å². The lowest BCUT2D eigenvalue weighted by molar-refractivity contribution is -0.192. The summed E-state index contributed by atoms with van der Waals surface area (Å²) in [7, 11) is -1.67. The Balaban J connectivity index is 0.000000559. The average Bonchev–Trinajstić information content (AvgIpc) is 3.38. The molecule has 1 aliphatic rings. The topological polar surface area (TPSA) is 157 Å². The Morgan fingerprint density at radius 3 is 2.38 bits per heavy atom. The fraction of sp³-hybridized carbons (Fsp3) is 0.348. The summed E-state index contributed by atoms with van der Waals surface area (Å²) < 4.78 is 83.2. The van der Waals surface area contributed by atoms with Gasteiger partial charge in [0.15, 0.2) is 17.3 Å². The van der Waals surface area contributed by atoms with Crippen molar-refractivity contribution in [2.75, 3.05) is 19.5 Å². The van der Waals surface area contributed by atoms with E-state index in [1.165, 1.54) is 37.6 Å². The third-order valence-electron chi connectivity index (χ3n) is 6.05. The largest absolute Gasteiger partial charge is 0.490 e. The molecule has 2 atom stereocenters. The molecule has 0 aliphatic carbocycles. The summed E-state index contributed by atoms with van der Waals surface area (Å²) in [5.74, 6) is -3.28. The number of hydrogen-bond donors (Lipinski definition) is 2. The number of halogens is 6. The Hall–Kier alpha value is -3.66. The van der Waals surface area contributed by atoms with Gasteiger partial charge in [0.2, 0.25) is 0 Å². The highest BCUT2D eigenvalue weighted by atomic mass is 35.5. The first kappa shape index (κ1) is 30.9. The lowest BCUT2D eigenvalue weighted by Crippen LogP contribution is -2.56. The van der Waals surface area contributed by atoms with Crippen LogP contribution in [0.1, 0.15) is 19.4 Å². The summed E-state index contributed by atoms with van der Waals surface area (Å²) in [6.45, 7) is 2.15. The Morgan fingerprint density at radius 2 is 1.85 bits per heavy atom. The van der Waals surface area contributed by atoms with Gasteiger partial charge in [-0.2, -0.15) is 13.2 Å². The van der Waals surface area contributed by atoms with Gasteiger partial charge in [0, 0.05) is 36.6 Å². The molecule has 0 saturated carbocycles. The molecule has 0 unspecified atom stereocenters. The predicted molar refractivity (Wildman–Crippen MR) is 136 cm³/mol. The molecule has 0 amide bonds. The number of amidine groups is 1. The molecule has 3 N–H and O–H groups in total. The Morgan fingerprint density at radius 1 is 1.25 bits per heavy atom. The van der Waals surface area contributed by atoms with Crippen molar-refractivity contribution in [1.29, 1.82) is 0 Å².